The third-order valence-electron chi connectivity index (χ3n) is 4.87. The van der Waals surface area contributed by atoms with Crippen LogP contribution in [-0.2, 0) is 14.8 Å². The molecule has 0 bridgehead atoms. The molecule has 1 aliphatic heterocycles. The number of nitrogens with zero attached hydrogens (tertiary/aromatic N) is 4. The van der Waals surface area contributed by atoms with E-state index >= 15 is 0 Å². The SMILES string of the molecule is CN(C(=O)CN1CN(c2cccc(F)c2)c2ncccc2S1(=O)=O)c1ccccc1. The van der Waals surface area contributed by atoms with E-state index in [1.54, 1.807) is 42.3 Å². The maximum atomic E-state index is 13.8. The number of para-hydroxylation sites is 1. The Kier molecular flexibility index (Phi) is 5.23. The normalized spacial score (nSPS) is 15.5. The smallest absolute Gasteiger partial charge is 0.248 e. The molecule has 0 N–H and O–H groups in total. The minimum atomic E-state index is -3.96. The minimum absolute atomic E-state index is 0.0318. The minimum Gasteiger partial charge on any atom is -0.314 e. The molecule has 154 valence electrons. The highest BCUT2D eigenvalue weighted by atomic mass is 32.2. The van der Waals surface area contributed by atoms with Crippen LogP contribution in [0.1, 0.15) is 0 Å². The van der Waals surface area contributed by atoms with Crippen LogP contribution >= 0.6 is 0 Å². The molecule has 30 heavy (non-hydrogen) atoms. The maximum absolute atomic E-state index is 13.8. The number of halogens is 1. The Morgan fingerprint density at radius 1 is 1.10 bits per heavy atom. The zero-order valence-electron chi connectivity index (χ0n) is 16.1. The van der Waals surface area contributed by atoms with Gasteiger partial charge in [0, 0.05) is 24.6 Å². The molecule has 9 heteroatoms. The summed E-state index contributed by atoms with van der Waals surface area (Å²) in [6, 6.07) is 17.7. The van der Waals surface area contributed by atoms with E-state index in [1.807, 2.05) is 6.07 Å². The third kappa shape index (κ3) is 3.64. The highest BCUT2D eigenvalue weighted by Crippen LogP contribution is 2.36. The molecule has 1 aliphatic rings. The van der Waals surface area contributed by atoms with Crippen molar-refractivity contribution in [2.24, 2.45) is 0 Å². The number of carbonyl (C=O) groups excluding carboxylic acids is 1. The first kappa shape index (κ1) is 20.0. The Morgan fingerprint density at radius 2 is 1.87 bits per heavy atom. The molecule has 4 rings (SSSR count). The van der Waals surface area contributed by atoms with E-state index < -0.39 is 21.7 Å². The van der Waals surface area contributed by atoms with E-state index in [4.69, 9.17) is 0 Å². The summed E-state index contributed by atoms with van der Waals surface area (Å²) < 4.78 is 41.2. The number of sulfonamides is 1. The Bertz CT molecular complexity index is 1190. The second-order valence-electron chi connectivity index (χ2n) is 6.78. The van der Waals surface area contributed by atoms with Crippen LogP contribution in [0, 0.1) is 5.82 Å². The quantitative estimate of drug-likeness (QED) is 0.641. The molecule has 0 spiro atoms. The predicted molar refractivity (Wildman–Crippen MR) is 111 cm³/mol. The number of rotatable bonds is 4. The predicted octanol–water partition coefficient (Wildman–Crippen LogP) is 2.98. The van der Waals surface area contributed by atoms with Gasteiger partial charge in [0.1, 0.15) is 10.7 Å². The number of aromatic nitrogens is 1. The van der Waals surface area contributed by atoms with Crippen LogP contribution in [0.4, 0.5) is 21.6 Å². The van der Waals surface area contributed by atoms with Gasteiger partial charge < -0.3 is 9.80 Å². The van der Waals surface area contributed by atoms with Crippen LogP contribution in [0.3, 0.4) is 0 Å². The highest BCUT2D eigenvalue weighted by molar-refractivity contribution is 7.89. The van der Waals surface area contributed by atoms with Gasteiger partial charge in [-0.3, -0.25) is 4.79 Å². The lowest BCUT2D eigenvalue weighted by molar-refractivity contribution is -0.118. The van der Waals surface area contributed by atoms with Crippen molar-refractivity contribution in [3.63, 3.8) is 0 Å². The fourth-order valence-corrected chi connectivity index (χ4v) is 4.73. The summed E-state index contributed by atoms with van der Waals surface area (Å²) in [6.45, 7) is -0.530. The molecule has 7 nitrogen and oxygen atoms in total. The van der Waals surface area contributed by atoms with Gasteiger partial charge in [0.15, 0.2) is 5.82 Å². The van der Waals surface area contributed by atoms with Crippen LogP contribution in [-0.4, -0.2) is 43.9 Å². The van der Waals surface area contributed by atoms with Gasteiger partial charge in [0.25, 0.3) is 0 Å². The van der Waals surface area contributed by atoms with Crippen molar-refractivity contribution < 1.29 is 17.6 Å². The lowest BCUT2D eigenvalue weighted by atomic mass is 10.2. The lowest BCUT2D eigenvalue weighted by Gasteiger charge is -2.36. The number of hydrogen-bond donors (Lipinski definition) is 0. The molecule has 0 saturated carbocycles. The molecule has 3 aromatic rings. The van der Waals surface area contributed by atoms with E-state index in [2.05, 4.69) is 4.98 Å². The van der Waals surface area contributed by atoms with E-state index in [1.165, 1.54) is 41.4 Å². The summed E-state index contributed by atoms with van der Waals surface area (Å²) in [5.41, 5.74) is 1.10. The highest BCUT2D eigenvalue weighted by Gasteiger charge is 2.38. The van der Waals surface area contributed by atoms with Crippen molar-refractivity contribution in [1.29, 1.82) is 0 Å². The van der Waals surface area contributed by atoms with Crippen LogP contribution in [0.5, 0.6) is 0 Å². The molecule has 1 aromatic heterocycles. The second-order valence-corrected chi connectivity index (χ2v) is 8.68. The van der Waals surface area contributed by atoms with Crippen molar-refractivity contribution >= 4 is 33.1 Å². The molecular formula is C21H19FN4O3S. The van der Waals surface area contributed by atoms with Crippen molar-refractivity contribution in [1.82, 2.24) is 9.29 Å². The average Bonchev–Trinajstić information content (AvgIpc) is 2.76. The van der Waals surface area contributed by atoms with Gasteiger partial charge >= 0.3 is 0 Å². The van der Waals surface area contributed by atoms with Gasteiger partial charge in [-0.15, -0.1) is 0 Å². The molecule has 2 aromatic carbocycles. The van der Waals surface area contributed by atoms with Gasteiger partial charge in [0.05, 0.1) is 13.2 Å². The summed E-state index contributed by atoms with van der Waals surface area (Å²) >= 11 is 0. The fraction of sp³-hybridized carbons (Fsp3) is 0.143. The number of benzene rings is 2. The second kappa shape index (κ2) is 7.85. The standard InChI is InChI=1S/C21H19FN4O3S/c1-24(17-8-3-2-4-9-17)20(27)14-25-15-26(18-10-5-7-16(22)13-18)21-19(30(25,28)29)11-6-12-23-21/h2-13H,14-15H2,1H3. The van der Waals surface area contributed by atoms with Crippen LogP contribution in [0.25, 0.3) is 0 Å². The largest absolute Gasteiger partial charge is 0.314 e. The number of likely N-dealkylation sites (N-methyl/N-ethyl adjacent to an activating group) is 1. The third-order valence-corrected chi connectivity index (χ3v) is 6.67. The first-order chi connectivity index (χ1) is 14.4. The zero-order valence-corrected chi connectivity index (χ0v) is 17.0. The molecule has 0 atom stereocenters. The number of anilines is 3. The Morgan fingerprint density at radius 3 is 2.60 bits per heavy atom. The molecule has 1 amide bonds. The number of pyridine rings is 1. The average molecular weight is 426 g/mol. The van der Waals surface area contributed by atoms with Gasteiger partial charge in [-0.05, 0) is 42.5 Å². The van der Waals surface area contributed by atoms with E-state index in [9.17, 15) is 17.6 Å². The van der Waals surface area contributed by atoms with Crippen molar-refractivity contribution in [2.75, 3.05) is 30.1 Å². The summed E-state index contributed by atoms with van der Waals surface area (Å²) in [5, 5.41) is 0. The number of carbonyl (C=O) groups is 1. The summed E-state index contributed by atoms with van der Waals surface area (Å²) in [5.74, 6) is -0.649. The maximum Gasteiger partial charge on any atom is 0.248 e. The van der Waals surface area contributed by atoms with Gasteiger partial charge in [-0.25, -0.2) is 17.8 Å². The number of hydrogen-bond acceptors (Lipinski definition) is 5. The summed E-state index contributed by atoms with van der Waals surface area (Å²) in [7, 11) is -2.37. The lowest BCUT2D eigenvalue weighted by Crippen LogP contribution is -2.49. The van der Waals surface area contributed by atoms with Crippen molar-refractivity contribution in [3.8, 4) is 0 Å². The van der Waals surface area contributed by atoms with Crippen LogP contribution in [0.2, 0.25) is 0 Å². The molecule has 2 heterocycles. The van der Waals surface area contributed by atoms with Crippen LogP contribution in [0.15, 0.2) is 77.8 Å². The molecule has 0 fully saturated rings. The van der Waals surface area contributed by atoms with E-state index in [0.717, 1.165) is 4.31 Å². The van der Waals surface area contributed by atoms with Crippen molar-refractivity contribution in [3.05, 3.63) is 78.7 Å². The van der Waals surface area contributed by atoms with Gasteiger partial charge in [0.2, 0.25) is 15.9 Å². The van der Waals surface area contributed by atoms with E-state index in [-0.39, 0.29) is 23.9 Å². The first-order valence-corrected chi connectivity index (χ1v) is 10.6. The van der Waals surface area contributed by atoms with E-state index in [0.29, 0.717) is 11.4 Å². The molecule has 0 radical (unpaired) electrons. The van der Waals surface area contributed by atoms with Crippen molar-refractivity contribution in [2.45, 2.75) is 4.90 Å². The summed E-state index contributed by atoms with van der Waals surface area (Å²) in [4.78, 5) is 20.0. The Balaban J connectivity index is 1.69. The Labute approximate surface area is 174 Å². The van der Waals surface area contributed by atoms with Gasteiger partial charge in [-0.2, -0.15) is 4.31 Å². The number of fused-ring (bicyclic) bond motifs is 1. The monoisotopic (exact) mass is 426 g/mol. The number of amides is 1. The summed E-state index contributed by atoms with van der Waals surface area (Å²) in [6.07, 6.45) is 1.48. The molecular weight excluding hydrogens is 407 g/mol. The zero-order chi connectivity index (χ0) is 21.3. The molecule has 0 saturated heterocycles. The molecule has 0 aliphatic carbocycles. The Hall–Kier alpha value is -3.30. The fourth-order valence-electron chi connectivity index (χ4n) is 3.26. The van der Waals surface area contributed by atoms with Crippen LogP contribution < -0.4 is 9.80 Å². The van der Waals surface area contributed by atoms with Gasteiger partial charge in [-0.1, -0.05) is 24.3 Å². The topological polar surface area (TPSA) is 73.8 Å². The first-order valence-electron chi connectivity index (χ1n) is 9.18. The molecule has 0 unspecified atom stereocenters.